The molecule has 188 valence electrons. The molecule has 1 amide bonds. The van der Waals surface area contributed by atoms with E-state index in [2.05, 4.69) is 4.57 Å². The van der Waals surface area contributed by atoms with Crippen LogP contribution in [0.15, 0.2) is 42.6 Å². The fourth-order valence-electron chi connectivity index (χ4n) is 5.17. The molecule has 0 radical (unpaired) electrons. The minimum Gasteiger partial charge on any atom is -0.432 e. The number of methoxy groups -OCH3 is 1. The van der Waals surface area contributed by atoms with Gasteiger partial charge in [-0.3, -0.25) is 4.79 Å². The Morgan fingerprint density at radius 3 is 2.63 bits per heavy atom. The van der Waals surface area contributed by atoms with Crippen molar-refractivity contribution in [1.82, 2.24) is 9.47 Å². The van der Waals surface area contributed by atoms with Crippen LogP contribution in [0.5, 0.6) is 0 Å². The van der Waals surface area contributed by atoms with Gasteiger partial charge >= 0.3 is 0 Å². The summed E-state index contributed by atoms with van der Waals surface area (Å²) in [6.07, 6.45) is 3.35. The zero-order valence-corrected chi connectivity index (χ0v) is 21.9. The Morgan fingerprint density at radius 2 is 1.97 bits per heavy atom. The van der Waals surface area contributed by atoms with Gasteiger partial charge in [0.15, 0.2) is 8.32 Å². The van der Waals surface area contributed by atoms with E-state index in [0.29, 0.717) is 62.8 Å². The highest BCUT2D eigenvalue weighted by atomic mass is 28.4. The molecule has 3 N–H and O–H groups in total. The van der Waals surface area contributed by atoms with Gasteiger partial charge in [-0.25, -0.2) is 4.39 Å². The number of hydrogen-bond donors (Lipinski definition) is 2. The molecule has 1 aliphatic rings. The Morgan fingerprint density at radius 1 is 1.23 bits per heavy atom. The van der Waals surface area contributed by atoms with Crippen molar-refractivity contribution in [2.75, 3.05) is 26.8 Å². The standard InChI is InChI=1S/C27H36FN3O3Si/c1-34-14-13-31-17-23(26-21(18-35(2,3)33)5-4-6-25(26)31)27(32)30-11-9-20(10-12-30)22-15-19(16-29)7-8-24(22)28/h4-8,15,17,20,33H,9-14,16,18,29H2,1-3H3. The minimum atomic E-state index is -2.39. The van der Waals surface area contributed by atoms with E-state index < -0.39 is 8.32 Å². The van der Waals surface area contributed by atoms with Crippen LogP contribution in [0.4, 0.5) is 4.39 Å². The van der Waals surface area contributed by atoms with E-state index in [1.165, 1.54) is 6.07 Å². The quantitative estimate of drug-likeness (QED) is 0.458. The van der Waals surface area contributed by atoms with Crippen LogP contribution >= 0.6 is 0 Å². The topological polar surface area (TPSA) is 80.7 Å². The highest BCUT2D eigenvalue weighted by Crippen LogP contribution is 2.33. The van der Waals surface area contributed by atoms with Crippen LogP contribution in [0.1, 0.15) is 45.8 Å². The summed E-state index contributed by atoms with van der Waals surface area (Å²) in [5.41, 5.74) is 10.0. The second kappa shape index (κ2) is 10.6. The lowest BCUT2D eigenvalue weighted by atomic mass is 9.88. The third kappa shape index (κ3) is 5.67. The number of nitrogens with zero attached hydrogens (tertiary/aromatic N) is 2. The Hall–Kier alpha value is -2.52. The molecule has 8 heteroatoms. The van der Waals surface area contributed by atoms with Gasteiger partial charge in [-0.2, -0.15) is 0 Å². The van der Waals surface area contributed by atoms with Crippen LogP contribution in [0.3, 0.4) is 0 Å². The summed E-state index contributed by atoms with van der Waals surface area (Å²) in [5.74, 6) is -0.135. The smallest absolute Gasteiger partial charge is 0.256 e. The van der Waals surface area contributed by atoms with E-state index in [1.807, 2.05) is 48.5 Å². The maximum Gasteiger partial charge on any atom is 0.256 e. The summed E-state index contributed by atoms with van der Waals surface area (Å²) < 4.78 is 21.9. The summed E-state index contributed by atoms with van der Waals surface area (Å²) >= 11 is 0. The second-order valence-electron chi connectivity index (χ2n) is 10.2. The van der Waals surface area contributed by atoms with Gasteiger partial charge in [0, 0.05) is 50.4 Å². The molecular weight excluding hydrogens is 461 g/mol. The third-order valence-corrected chi connectivity index (χ3v) is 8.15. The van der Waals surface area contributed by atoms with Crippen molar-refractivity contribution in [2.45, 2.75) is 51.0 Å². The lowest BCUT2D eigenvalue weighted by molar-refractivity contribution is 0.0714. The number of fused-ring (bicyclic) bond motifs is 1. The number of benzene rings is 2. The molecule has 2 heterocycles. The van der Waals surface area contributed by atoms with Crippen molar-refractivity contribution in [1.29, 1.82) is 0 Å². The van der Waals surface area contributed by atoms with Gasteiger partial charge in [0.1, 0.15) is 5.82 Å². The van der Waals surface area contributed by atoms with Crippen molar-refractivity contribution in [3.63, 3.8) is 0 Å². The van der Waals surface area contributed by atoms with Crippen LogP contribution in [-0.2, 0) is 23.9 Å². The molecule has 0 saturated carbocycles. The summed E-state index contributed by atoms with van der Waals surface area (Å²) in [4.78, 5) is 26.3. The molecule has 1 aromatic heterocycles. The number of rotatable bonds is 8. The number of hydrogen-bond acceptors (Lipinski definition) is 4. The monoisotopic (exact) mass is 497 g/mol. The summed E-state index contributed by atoms with van der Waals surface area (Å²) in [6, 6.07) is 11.7. The Bertz CT molecular complexity index is 1200. The van der Waals surface area contributed by atoms with E-state index >= 15 is 0 Å². The fourth-order valence-corrected chi connectivity index (χ4v) is 6.40. The van der Waals surface area contributed by atoms with E-state index in [0.717, 1.165) is 22.0 Å². The fraction of sp³-hybridized carbons (Fsp3) is 0.444. The number of carbonyl (C=O) groups excluding carboxylic acids is 1. The number of likely N-dealkylation sites (tertiary alicyclic amines) is 1. The first-order valence-corrected chi connectivity index (χ1v) is 15.5. The number of carbonyl (C=O) groups is 1. The Kier molecular flexibility index (Phi) is 7.76. The van der Waals surface area contributed by atoms with Crippen LogP contribution < -0.4 is 5.73 Å². The maximum absolute atomic E-state index is 14.5. The van der Waals surface area contributed by atoms with Crippen LogP contribution in [0.25, 0.3) is 10.9 Å². The van der Waals surface area contributed by atoms with Gasteiger partial charge < -0.3 is 24.7 Å². The molecule has 0 bridgehead atoms. The molecule has 0 spiro atoms. The first-order chi connectivity index (χ1) is 16.7. The van der Waals surface area contributed by atoms with Crippen molar-refractivity contribution in [3.05, 3.63) is 70.7 Å². The van der Waals surface area contributed by atoms with Gasteiger partial charge in [-0.05, 0) is 66.7 Å². The summed E-state index contributed by atoms with van der Waals surface area (Å²) in [7, 11) is -0.726. The molecule has 1 fully saturated rings. The number of ether oxygens (including phenoxy) is 1. The zero-order chi connectivity index (χ0) is 25.2. The van der Waals surface area contributed by atoms with Crippen LogP contribution in [0.2, 0.25) is 13.1 Å². The van der Waals surface area contributed by atoms with Crippen molar-refractivity contribution < 1.29 is 18.7 Å². The number of aromatic nitrogens is 1. The molecule has 35 heavy (non-hydrogen) atoms. The van der Waals surface area contributed by atoms with E-state index in [9.17, 15) is 14.0 Å². The predicted octanol–water partition coefficient (Wildman–Crippen LogP) is 4.18. The van der Waals surface area contributed by atoms with Crippen LogP contribution in [0, 0.1) is 5.82 Å². The average molecular weight is 498 g/mol. The SMILES string of the molecule is COCCn1cc(C(=O)N2CCC(c3cc(CN)ccc3F)CC2)c2c(C[Si](C)(C)O)cccc21. The number of halogens is 1. The second-order valence-corrected chi connectivity index (χ2v) is 14.1. The van der Waals surface area contributed by atoms with Gasteiger partial charge in [-0.15, -0.1) is 0 Å². The molecule has 6 nitrogen and oxygen atoms in total. The molecule has 4 rings (SSSR count). The highest BCUT2D eigenvalue weighted by molar-refractivity contribution is 6.69. The third-order valence-electron chi connectivity index (χ3n) is 6.90. The molecule has 2 aromatic carbocycles. The van der Waals surface area contributed by atoms with Gasteiger partial charge in [0.2, 0.25) is 0 Å². The van der Waals surface area contributed by atoms with Gasteiger partial charge in [0.05, 0.1) is 12.2 Å². The first-order valence-electron chi connectivity index (χ1n) is 12.3. The van der Waals surface area contributed by atoms with Crippen molar-refractivity contribution in [2.24, 2.45) is 5.73 Å². The Balaban J connectivity index is 1.61. The van der Waals surface area contributed by atoms with Crippen molar-refractivity contribution in [3.8, 4) is 0 Å². The molecule has 0 aliphatic carbocycles. The number of nitrogens with two attached hydrogens (primary N) is 1. The largest absolute Gasteiger partial charge is 0.432 e. The molecule has 0 atom stereocenters. The van der Waals surface area contributed by atoms with E-state index in [1.54, 1.807) is 13.2 Å². The number of amides is 1. The number of piperidine rings is 1. The lowest BCUT2D eigenvalue weighted by Crippen LogP contribution is -2.38. The summed E-state index contributed by atoms with van der Waals surface area (Å²) in [5, 5.41) is 0.923. The minimum absolute atomic E-state index is 0.00865. The highest BCUT2D eigenvalue weighted by Gasteiger charge is 2.29. The van der Waals surface area contributed by atoms with Crippen LogP contribution in [-0.4, -0.2) is 55.3 Å². The molecule has 1 aliphatic heterocycles. The predicted molar refractivity (Wildman–Crippen MR) is 139 cm³/mol. The zero-order valence-electron chi connectivity index (χ0n) is 20.9. The normalized spacial score (nSPS) is 15.2. The van der Waals surface area contributed by atoms with Crippen molar-refractivity contribution >= 4 is 25.1 Å². The van der Waals surface area contributed by atoms with Gasteiger partial charge in [-0.1, -0.05) is 24.3 Å². The van der Waals surface area contributed by atoms with E-state index in [-0.39, 0.29) is 17.6 Å². The van der Waals surface area contributed by atoms with E-state index in [4.69, 9.17) is 10.5 Å². The average Bonchev–Trinajstić information content (AvgIpc) is 3.21. The molecule has 0 unspecified atom stereocenters. The van der Waals surface area contributed by atoms with Gasteiger partial charge in [0.25, 0.3) is 5.91 Å². The molecular formula is C27H36FN3O3Si. The Labute approximate surface area is 207 Å². The lowest BCUT2D eigenvalue weighted by Gasteiger charge is -2.32. The molecule has 3 aromatic rings. The molecule has 1 saturated heterocycles. The first kappa shape index (κ1) is 25.6. The summed E-state index contributed by atoms with van der Waals surface area (Å²) in [6.45, 7) is 6.54. The maximum atomic E-state index is 14.5.